The molecule has 2 fully saturated rings. The van der Waals surface area contributed by atoms with Crippen LogP contribution in [0.1, 0.15) is 119 Å². The molecule has 2 rings (SSSR count). The Morgan fingerprint density at radius 2 is 0.949 bits per heavy atom. The molecule has 41 heteroatoms. The van der Waals surface area contributed by atoms with Gasteiger partial charge in [0.25, 0.3) is 0 Å². The lowest BCUT2D eigenvalue weighted by Gasteiger charge is -2.48. The zero-order valence-electron chi connectivity index (χ0n) is 55.5. The minimum absolute atomic E-state index is 0.0297. The third-order valence-electron chi connectivity index (χ3n) is 15.3. The van der Waals surface area contributed by atoms with E-state index in [1.54, 1.807) is 0 Å². The molecule has 98 heavy (non-hydrogen) atoms. The largest absolute Gasteiger partial charge is 0.480 e. The van der Waals surface area contributed by atoms with E-state index in [2.05, 4.69) is 58.5 Å². The first-order chi connectivity index (χ1) is 45.9. The van der Waals surface area contributed by atoms with Crippen molar-refractivity contribution < 1.29 is 122 Å². The number of hydrogen-bond acceptors (Lipinski definition) is 26. The van der Waals surface area contributed by atoms with Gasteiger partial charge in [0.15, 0.2) is 12.6 Å². The van der Waals surface area contributed by atoms with Crippen molar-refractivity contribution in [2.45, 2.75) is 241 Å². The number of carboxylic acids is 1. The number of aliphatic hydroxyl groups is 5. The Labute approximate surface area is 563 Å². The summed E-state index contributed by atoms with van der Waals surface area (Å²) in [6.45, 7) is 6.62. The van der Waals surface area contributed by atoms with Crippen LogP contribution in [0.25, 0.3) is 0 Å². The van der Waals surface area contributed by atoms with Crippen molar-refractivity contribution in [2.24, 2.45) is 28.7 Å². The molecule has 2 heterocycles. The standard InChI is InChI=1S/C57H98N16O25/c1-23(59)49(86)71-30(46(60)83)14-16-37(78)70-33(54(91)66-26(4)55(92)93)13-9-11-19-63-39(80)20-34(48(62)85)73-51(88)25(3)65-53(90)32(12-8-10-18-58)69-38(79)17-15-31(47(61)84)72-50(87)24(2)64-52(89)27(5)95-45-41(68-29(7)77)56(94)96-36(22-75)44(45)98-57-40(67-28(6)76)43(82)42(81)35(21-74)97-57/h23-27,30-36,40-45,56-57,74-75,81-82,94H,8-22,58-59H2,1-7H3,(H2,60,83)(H2,61,84)(H2,62,85)(H,63,80)(H,64,89)(H,65,90)(H,66,91)(H,67,76)(H,68,77)(H,69,79)(H,70,78)(H,71,86)(H,72,87)(H,73,88)(H,92,93). The topological polar surface area (TPSA) is 677 Å². The van der Waals surface area contributed by atoms with Crippen LogP contribution in [0.2, 0.25) is 0 Å². The first kappa shape index (κ1) is 85.7. The van der Waals surface area contributed by atoms with Gasteiger partial charge in [-0.2, -0.15) is 0 Å². The molecule has 0 bridgehead atoms. The zero-order valence-corrected chi connectivity index (χ0v) is 55.5. The van der Waals surface area contributed by atoms with E-state index in [4.69, 9.17) is 47.6 Å². The van der Waals surface area contributed by atoms with Crippen molar-refractivity contribution in [1.82, 2.24) is 58.5 Å². The number of hydrogen-bond donors (Lipinski definition) is 22. The van der Waals surface area contributed by atoms with E-state index in [0.29, 0.717) is 6.42 Å². The molecule has 0 aliphatic carbocycles. The van der Waals surface area contributed by atoms with Crippen LogP contribution in [-0.2, 0) is 90.9 Å². The highest BCUT2D eigenvalue weighted by Gasteiger charge is 2.53. The highest BCUT2D eigenvalue weighted by Crippen LogP contribution is 2.31. The smallest absolute Gasteiger partial charge is 0.325 e. The number of amides is 14. The van der Waals surface area contributed by atoms with E-state index in [1.807, 2.05) is 0 Å². The van der Waals surface area contributed by atoms with Gasteiger partial charge in [-0.25, -0.2) is 0 Å². The number of aliphatic carboxylic acids is 1. The molecule has 0 spiro atoms. The molecule has 0 saturated carbocycles. The van der Waals surface area contributed by atoms with Gasteiger partial charge in [0.1, 0.15) is 103 Å². The van der Waals surface area contributed by atoms with Crippen molar-refractivity contribution in [3.8, 4) is 0 Å². The van der Waals surface area contributed by atoms with E-state index in [9.17, 15) is 103 Å². The molecule has 14 amide bonds. The number of nitrogens with one attached hydrogen (secondary N) is 11. The van der Waals surface area contributed by atoms with Crippen LogP contribution < -0.4 is 87.2 Å². The second-order valence-corrected chi connectivity index (χ2v) is 23.6. The summed E-state index contributed by atoms with van der Waals surface area (Å²) in [6, 6.07) is -15.5. The second kappa shape index (κ2) is 42.4. The molecule has 20 unspecified atom stereocenters. The molecule has 2 aliphatic heterocycles. The van der Waals surface area contributed by atoms with Crippen molar-refractivity contribution in [3.05, 3.63) is 0 Å². The summed E-state index contributed by atoms with van der Waals surface area (Å²) in [5.41, 5.74) is 27.6. The molecule has 556 valence electrons. The number of unbranched alkanes of at least 4 members (excludes halogenated alkanes) is 2. The number of rotatable bonds is 43. The van der Waals surface area contributed by atoms with Gasteiger partial charge in [-0.3, -0.25) is 71.9 Å². The first-order valence-electron chi connectivity index (χ1n) is 31.5. The van der Waals surface area contributed by atoms with Crippen LogP contribution in [0.3, 0.4) is 0 Å². The predicted molar refractivity (Wildman–Crippen MR) is 334 cm³/mol. The second-order valence-electron chi connectivity index (χ2n) is 23.6. The summed E-state index contributed by atoms with van der Waals surface area (Å²) in [5, 5.41) is 88.0. The number of nitrogens with two attached hydrogens (primary N) is 5. The Kier molecular flexibility index (Phi) is 37.1. The van der Waals surface area contributed by atoms with Gasteiger partial charge in [-0.1, -0.05) is 0 Å². The number of primary amides is 3. The van der Waals surface area contributed by atoms with Gasteiger partial charge < -0.3 is 137 Å². The van der Waals surface area contributed by atoms with E-state index in [0.717, 1.165) is 13.8 Å². The minimum Gasteiger partial charge on any atom is -0.480 e. The van der Waals surface area contributed by atoms with E-state index in [1.165, 1.54) is 34.6 Å². The SMILES string of the molecule is CC(=O)NC1C(OC2C(CO)OC(O)C(NC(C)=O)C2OC(C)C(=O)NC(C)C(=O)NC(CCC(=O)NC(CCCCN)C(=O)NC(C)C(=O)NC(CC(=O)NCCCCC(NC(=O)CCC(NC(=O)C(C)N)C(N)=O)C(=O)NC(C)C(=O)O)C(N)=O)C(N)=O)OC(CO)C(O)C1O. The molecule has 0 aromatic heterocycles. The molecular weight excluding hydrogens is 1310 g/mol. The van der Waals surface area contributed by atoms with Crippen molar-refractivity contribution in [2.75, 3.05) is 26.3 Å². The van der Waals surface area contributed by atoms with E-state index in [-0.39, 0.29) is 51.6 Å². The summed E-state index contributed by atoms with van der Waals surface area (Å²) >= 11 is 0. The average molecular weight is 1410 g/mol. The predicted octanol–water partition coefficient (Wildman–Crippen LogP) is -11.5. The number of aliphatic hydroxyl groups excluding tert-OH is 5. The maximum absolute atomic E-state index is 13.7. The molecule has 0 aromatic carbocycles. The minimum atomic E-state index is -1.93. The van der Waals surface area contributed by atoms with Gasteiger partial charge in [0.05, 0.1) is 25.7 Å². The molecule has 2 aliphatic rings. The Balaban J connectivity index is 2.08. The van der Waals surface area contributed by atoms with Gasteiger partial charge in [0, 0.05) is 33.2 Å². The fourth-order valence-corrected chi connectivity index (χ4v) is 9.74. The summed E-state index contributed by atoms with van der Waals surface area (Å²) in [7, 11) is 0. The molecule has 2 saturated heterocycles. The van der Waals surface area contributed by atoms with Crippen LogP contribution in [0.15, 0.2) is 0 Å². The molecule has 27 N–H and O–H groups in total. The van der Waals surface area contributed by atoms with Gasteiger partial charge in [0.2, 0.25) is 82.7 Å². The van der Waals surface area contributed by atoms with Gasteiger partial charge >= 0.3 is 5.97 Å². The lowest BCUT2D eigenvalue weighted by atomic mass is 9.94. The van der Waals surface area contributed by atoms with Crippen LogP contribution >= 0.6 is 0 Å². The normalized spacial score (nSPS) is 23.6. The fourth-order valence-electron chi connectivity index (χ4n) is 9.74. The lowest BCUT2D eigenvalue weighted by Crippen LogP contribution is -2.70. The Morgan fingerprint density at radius 1 is 0.490 bits per heavy atom. The first-order valence-corrected chi connectivity index (χ1v) is 31.5. The molecule has 41 nitrogen and oxygen atoms in total. The number of carbonyl (C=O) groups is 15. The Morgan fingerprint density at radius 3 is 1.41 bits per heavy atom. The Bertz CT molecular complexity index is 2770. The quantitative estimate of drug-likeness (QED) is 0.0252. The van der Waals surface area contributed by atoms with Crippen LogP contribution in [-0.4, -0.2) is 267 Å². The third kappa shape index (κ3) is 29.0. The van der Waals surface area contributed by atoms with E-state index >= 15 is 0 Å². The van der Waals surface area contributed by atoms with Crippen LogP contribution in [0.4, 0.5) is 0 Å². The Hall–Kier alpha value is -8.39. The van der Waals surface area contributed by atoms with Crippen molar-refractivity contribution in [1.29, 1.82) is 0 Å². The summed E-state index contributed by atoms with van der Waals surface area (Å²) in [4.78, 5) is 191. The molecule has 0 aromatic rings. The highest BCUT2D eigenvalue weighted by atomic mass is 16.7. The molecular formula is C57H98N16O25. The van der Waals surface area contributed by atoms with Crippen molar-refractivity contribution >= 4 is 88.7 Å². The summed E-state index contributed by atoms with van der Waals surface area (Å²) in [5.74, 6) is -14.0. The zero-order chi connectivity index (χ0) is 74.4. The summed E-state index contributed by atoms with van der Waals surface area (Å²) in [6.07, 6.45) is -16.7. The maximum atomic E-state index is 13.7. The van der Waals surface area contributed by atoms with Crippen LogP contribution in [0, 0.1) is 0 Å². The number of ether oxygens (including phenoxy) is 4. The van der Waals surface area contributed by atoms with Crippen molar-refractivity contribution in [3.63, 3.8) is 0 Å². The number of carbonyl (C=O) groups excluding carboxylic acids is 14. The average Bonchev–Trinajstić information content (AvgIpc) is 0.776. The van der Waals surface area contributed by atoms with Crippen LogP contribution in [0.5, 0.6) is 0 Å². The maximum Gasteiger partial charge on any atom is 0.325 e. The molecule has 0 radical (unpaired) electrons. The monoisotopic (exact) mass is 1410 g/mol. The fraction of sp³-hybridized carbons (Fsp3) is 0.737. The lowest BCUT2D eigenvalue weighted by molar-refractivity contribution is -0.333. The van der Waals surface area contributed by atoms with Gasteiger partial charge in [-0.15, -0.1) is 0 Å². The third-order valence-corrected chi connectivity index (χ3v) is 15.3. The highest BCUT2D eigenvalue weighted by molar-refractivity contribution is 5.96. The van der Waals surface area contributed by atoms with E-state index < -0.39 is 249 Å². The number of carboxylic acid groups (broad SMARTS) is 1. The van der Waals surface area contributed by atoms with Gasteiger partial charge in [-0.05, 0) is 92.5 Å². The summed E-state index contributed by atoms with van der Waals surface area (Å²) < 4.78 is 23.3. The molecule has 20 atom stereocenters.